The maximum Gasteiger partial charge on any atom is 0.0809 e. The molecule has 2 aromatic carbocycles. The number of para-hydroxylation sites is 1. The van der Waals surface area contributed by atoms with E-state index in [0.29, 0.717) is 33.9 Å². The summed E-state index contributed by atoms with van der Waals surface area (Å²) in [4.78, 5) is 0. The third-order valence-electron chi connectivity index (χ3n) is 2.91. The molecule has 6 nitrogen and oxygen atoms in total. The summed E-state index contributed by atoms with van der Waals surface area (Å²) in [6.45, 7) is 0. The first-order chi connectivity index (χ1) is 8.43. The molecule has 2 aromatic rings. The molecule has 6 heteroatoms. The maximum atomic E-state index is 5.95. The van der Waals surface area contributed by atoms with Gasteiger partial charge in [-0.2, -0.15) is 0 Å². The lowest BCUT2D eigenvalue weighted by Crippen LogP contribution is -2.06. The highest BCUT2D eigenvalue weighted by atomic mass is 14.8. The Bertz CT molecular complexity index is 620. The summed E-state index contributed by atoms with van der Waals surface area (Å²) in [5, 5.41) is 0. The first-order valence-electron chi connectivity index (χ1n) is 5.30. The Labute approximate surface area is 105 Å². The quantitative estimate of drug-likeness (QED) is 0.408. The Kier molecular flexibility index (Phi) is 2.55. The Morgan fingerprint density at radius 2 is 1.22 bits per heavy atom. The first-order valence-corrected chi connectivity index (χ1v) is 5.30. The van der Waals surface area contributed by atoms with Gasteiger partial charge in [-0.05, 0) is 12.1 Å². The molecule has 0 spiro atoms. The highest BCUT2D eigenvalue weighted by Crippen LogP contribution is 2.41. The number of rotatable bonds is 1. The van der Waals surface area contributed by atoms with E-state index in [9.17, 15) is 0 Å². The van der Waals surface area contributed by atoms with Gasteiger partial charge < -0.3 is 34.4 Å². The monoisotopic (exact) mass is 244 g/mol. The van der Waals surface area contributed by atoms with Crippen molar-refractivity contribution >= 4 is 34.1 Å². The molecule has 0 aromatic heterocycles. The maximum absolute atomic E-state index is 5.95. The Hall–Kier alpha value is -2.76. The van der Waals surface area contributed by atoms with Crippen molar-refractivity contribution < 1.29 is 0 Å². The minimum absolute atomic E-state index is 0.256. The second-order valence-corrected chi connectivity index (χ2v) is 4.06. The fraction of sp³-hybridized carbons (Fsp3) is 0. The number of nitrogens with two attached hydrogens (primary N) is 6. The second kappa shape index (κ2) is 3.92. The fourth-order valence-corrected chi connectivity index (χ4v) is 1.80. The standard InChI is InChI=1S/C12H16N6/c13-7-3-1-2-5(9(7)15)6-4-8(14)11(17)12(18)10(6)16/h1-4H,13-18H2. The number of anilines is 6. The van der Waals surface area contributed by atoms with Crippen molar-refractivity contribution in [2.45, 2.75) is 0 Å². The van der Waals surface area contributed by atoms with Gasteiger partial charge in [0, 0.05) is 11.1 Å². The van der Waals surface area contributed by atoms with Gasteiger partial charge in [0.25, 0.3) is 0 Å². The van der Waals surface area contributed by atoms with Gasteiger partial charge in [-0.15, -0.1) is 0 Å². The van der Waals surface area contributed by atoms with Crippen molar-refractivity contribution in [2.75, 3.05) is 34.4 Å². The van der Waals surface area contributed by atoms with Gasteiger partial charge in [0.2, 0.25) is 0 Å². The molecule has 0 aliphatic carbocycles. The summed E-state index contributed by atoms with van der Waals surface area (Å²) in [5.41, 5.74) is 38.4. The Balaban J connectivity index is 2.76. The van der Waals surface area contributed by atoms with Crippen LogP contribution in [0.4, 0.5) is 34.1 Å². The molecular formula is C12H16N6. The van der Waals surface area contributed by atoms with Crippen molar-refractivity contribution in [1.29, 1.82) is 0 Å². The molecule has 0 fully saturated rings. The number of hydrogen-bond donors (Lipinski definition) is 6. The average Bonchev–Trinajstić information content (AvgIpc) is 2.35. The fourth-order valence-electron chi connectivity index (χ4n) is 1.80. The lowest BCUT2D eigenvalue weighted by molar-refractivity contribution is 1.58. The van der Waals surface area contributed by atoms with Crippen LogP contribution in [0.1, 0.15) is 0 Å². The molecule has 0 bridgehead atoms. The Morgan fingerprint density at radius 3 is 1.89 bits per heavy atom. The van der Waals surface area contributed by atoms with Gasteiger partial charge >= 0.3 is 0 Å². The van der Waals surface area contributed by atoms with Crippen molar-refractivity contribution in [3.63, 3.8) is 0 Å². The van der Waals surface area contributed by atoms with Crippen molar-refractivity contribution in [3.8, 4) is 11.1 Å². The first kappa shape index (κ1) is 11.7. The van der Waals surface area contributed by atoms with E-state index in [1.165, 1.54) is 0 Å². The van der Waals surface area contributed by atoms with Gasteiger partial charge in [-0.25, -0.2) is 0 Å². The molecule has 0 radical (unpaired) electrons. The van der Waals surface area contributed by atoms with Gasteiger partial charge in [-0.1, -0.05) is 12.1 Å². The van der Waals surface area contributed by atoms with Gasteiger partial charge in [0.1, 0.15) is 0 Å². The van der Waals surface area contributed by atoms with E-state index in [2.05, 4.69) is 0 Å². The van der Waals surface area contributed by atoms with Crippen LogP contribution in [0.2, 0.25) is 0 Å². The van der Waals surface area contributed by atoms with Crippen LogP contribution in [0.15, 0.2) is 24.3 Å². The molecule has 0 amide bonds. The van der Waals surface area contributed by atoms with Crippen molar-refractivity contribution in [2.24, 2.45) is 0 Å². The Morgan fingerprint density at radius 1 is 0.556 bits per heavy atom. The van der Waals surface area contributed by atoms with Crippen LogP contribution in [0.3, 0.4) is 0 Å². The van der Waals surface area contributed by atoms with Crippen molar-refractivity contribution in [1.82, 2.24) is 0 Å². The molecular weight excluding hydrogens is 228 g/mol. The van der Waals surface area contributed by atoms with Crippen LogP contribution in [0.5, 0.6) is 0 Å². The third-order valence-corrected chi connectivity index (χ3v) is 2.91. The van der Waals surface area contributed by atoms with Gasteiger partial charge in [-0.3, -0.25) is 0 Å². The lowest BCUT2D eigenvalue weighted by atomic mass is 9.98. The molecule has 0 heterocycles. The molecule has 2 rings (SSSR count). The number of nitrogen functional groups attached to an aromatic ring is 6. The summed E-state index contributed by atoms with van der Waals surface area (Å²) in [5.74, 6) is 0. The molecule has 94 valence electrons. The summed E-state index contributed by atoms with van der Waals surface area (Å²) in [6, 6.07) is 6.93. The number of hydrogen-bond acceptors (Lipinski definition) is 6. The van der Waals surface area contributed by atoms with E-state index in [4.69, 9.17) is 34.4 Å². The highest BCUT2D eigenvalue weighted by Gasteiger charge is 2.14. The topological polar surface area (TPSA) is 156 Å². The third kappa shape index (κ3) is 1.60. The van der Waals surface area contributed by atoms with Crippen LogP contribution in [-0.2, 0) is 0 Å². The predicted molar refractivity (Wildman–Crippen MR) is 78.4 cm³/mol. The SMILES string of the molecule is Nc1cccc(-c2cc(N)c(N)c(N)c2N)c1N. The van der Waals surface area contributed by atoms with Crippen LogP contribution in [-0.4, -0.2) is 0 Å². The van der Waals surface area contributed by atoms with E-state index < -0.39 is 0 Å². The van der Waals surface area contributed by atoms with E-state index in [-0.39, 0.29) is 11.4 Å². The van der Waals surface area contributed by atoms with E-state index in [1.807, 2.05) is 0 Å². The smallest absolute Gasteiger partial charge is 0.0809 e. The van der Waals surface area contributed by atoms with Crippen LogP contribution < -0.4 is 34.4 Å². The predicted octanol–water partition coefficient (Wildman–Crippen LogP) is 0.847. The molecule has 0 saturated heterocycles. The minimum Gasteiger partial charge on any atom is -0.397 e. The van der Waals surface area contributed by atoms with Crippen LogP contribution >= 0.6 is 0 Å². The molecule has 0 saturated carbocycles. The average molecular weight is 244 g/mol. The molecule has 12 N–H and O–H groups in total. The highest BCUT2D eigenvalue weighted by molar-refractivity contribution is 5.99. The van der Waals surface area contributed by atoms with E-state index in [0.717, 1.165) is 0 Å². The summed E-state index contributed by atoms with van der Waals surface area (Å²) in [6.07, 6.45) is 0. The van der Waals surface area contributed by atoms with E-state index in [1.54, 1.807) is 24.3 Å². The molecule has 18 heavy (non-hydrogen) atoms. The minimum atomic E-state index is 0.256. The molecule has 0 unspecified atom stereocenters. The summed E-state index contributed by atoms with van der Waals surface area (Å²) in [7, 11) is 0. The summed E-state index contributed by atoms with van der Waals surface area (Å²) >= 11 is 0. The second-order valence-electron chi connectivity index (χ2n) is 4.06. The summed E-state index contributed by atoms with van der Waals surface area (Å²) < 4.78 is 0. The zero-order valence-corrected chi connectivity index (χ0v) is 9.77. The molecule has 0 aliphatic heterocycles. The zero-order chi connectivity index (χ0) is 13.4. The van der Waals surface area contributed by atoms with Gasteiger partial charge in [0.05, 0.1) is 34.1 Å². The normalized spacial score (nSPS) is 10.4. The number of benzene rings is 2. The molecule has 0 atom stereocenters. The molecule has 0 aliphatic rings. The zero-order valence-electron chi connectivity index (χ0n) is 9.77. The lowest BCUT2D eigenvalue weighted by Gasteiger charge is -2.15. The largest absolute Gasteiger partial charge is 0.397 e. The van der Waals surface area contributed by atoms with Crippen LogP contribution in [0, 0.1) is 0 Å². The van der Waals surface area contributed by atoms with E-state index >= 15 is 0 Å². The van der Waals surface area contributed by atoms with Crippen LogP contribution in [0.25, 0.3) is 11.1 Å². The van der Waals surface area contributed by atoms with Crippen molar-refractivity contribution in [3.05, 3.63) is 24.3 Å². The van der Waals surface area contributed by atoms with Gasteiger partial charge in [0.15, 0.2) is 0 Å².